The van der Waals surface area contributed by atoms with Gasteiger partial charge in [-0.05, 0) is 13.3 Å². The third-order valence-electron chi connectivity index (χ3n) is 1.88. The number of ketones is 2. The largest absolute Gasteiger partial charge is 0.300 e. The summed E-state index contributed by atoms with van der Waals surface area (Å²) in [7, 11) is 8.42. The summed E-state index contributed by atoms with van der Waals surface area (Å²) >= 11 is 0. The van der Waals surface area contributed by atoms with Crippen LogP contribution in [0.1, 0.15) is 52.9 Å². The van der Waals surface area contributed by atoms with Gasteiger partial charge in [0.2, 0.25) is 0 Å². The van der Waals surface area contributed by atoms with E-state index in [4.69, 9.17) is 7.74 Å². The van der Waals surface area contributed by atoms with Crippen LogP contribution in [0.5, 0.6) is 0 Å². The van der Waals surface area contributed by atoms with E-state index in [1.807, 2.05) is 14.1 Å². The molecular formula is C11H21B3O2Rh. The van der Waals surface area contributed by atoms with Crippen molar-refractivity contribution in [2.45, 2.75) is 59.2 Å². The fraction of sp³-hybridized carbons (Fsp3) is 0.818. The predicted molar refractivity (Wildman–Crippen MR) is 72.2 cm³/mol. The number of hydrogen-bond donors (Lipinski definition) is 0. The van der Waals surface area contributed by atoms with Gasteiger partial charge in [-0.2, -0.15) is 0 Å². The van der Waals surface area contributed by atoms with Gasteiger partial charge in [-0.1, -0.05) is 33.0 Å². The number of Topliss-reactive ketones (excluding diaryl/α,β-unsaturated/α-hetero) is 2. The van der Waals surface area contributed by atoms with E-state index in [2.05, 4.69) is 6.92 Å². The summed E-state index contributed by atoms with van der Waals surface area (Å²) in [4.78, 5) is 21.4. The Hall–Kier alpha value is 0.158. The molecule has 0 aromatic carbocycles. The second-order valence-electron chi connectivity index (χ2n) is 3.71. The summed E-state index contributed by atoms with van der Waals surface area (Å²) in [5, 5.41) is 0. The second-order valence-corrected chi connectivity index (χ2v) is 3.71. The molecule has 0 heterocycles. The Morgan fingerprint density at radius 3 is 2.06 bits per heavy atom. The standard InChI is InChI=1S/C9H16O2.C2H5B3.Rh/c1-3-4-5-6-9(11)7-8(2)10;1-2-4-5-3;/h3-7H2,1-2H3;2H2,1H3;. The Kier molecular flexibility index (Phi) is 24.3. The van der Waals surface area contributed by atoms with E-state index in [0.29, 0.717) is 6.42 Å². The number of unbranched alkanes of at least 4 members (excludes halogenated alkanes) is 2. The summed E-state index contributed by atoms with van der Waals surface area (Å²) in [6.07, 6.45) is 4.88. The molecule has 0 saturated carbocycles. The maximum atomic E-state index is 10.9. The van der Waals surface area contributed by atoms with Crippen LogP contribution in [-0.2, 0) is 29.1 Å². The van der Waals surface area contributed by atoms with Gasteiger partial charge in [0.05, 0.1) is 13.6 Å². The van der Waals surface area contributed by atoms with Crippen LogP contribution in [0.25, 0.3) is 0 Å². The van der Waals surface area contributed by atoms with Gasteiger partial charge in [0, 0.05) is 40.7 Å². The molecule has 0 bridgehead atoms. The van der Waals surface area contributed by atoms with E-state index in [1.165, 1.54) is 6.92 Å². The first-order valence-corrected chi connectivity index (χ1v) is 5.96. The normalized spacial score (nSPS) is 8.18. The van der Waals surface area contributed by atoms with Gasteiger partial charge in [-0.25, -0.2) is 0 Å². The Bertz CT molecular complexity index is 188. The van der Waals surface area contributed by atoms with Crippen LogP contribution >= 0.6 is 0 Å². The van der Waals surface area contributed by atoms with Crippen LogP contribution < -0.4 is 0 Å². The van der Waals surface area contributed by atoms with E-state index in [1.54, 1.807) is 7.06 Å². The van der Waals surface area contributed by atoms with Crippen molar-refractivity contribution < 1.29 is 29.1 Å². The minimum atomic E-state index is -0.0218. The number of hydrogen-bond acceptors (Lipinski definition) is 2. The third-order valence-corrected chi connectivity index (χ3v) is 1.88. The molecule has 0 aliphatic carbocycles. The minimum Gasteiger partial charge on any atom is -0.300 e. The van der Waals surface area contributed by atoms with E-state index in [9.17, 15) is 9.59 Å². The van der Waals surface area contributed by atoms with E-state index in [-0.39, 0.29) is 37.5 Å². The first-order valence-electron chi connectivity index (χ1n) is 5.96. The molecule has 0 N–H and O–H groups in total. The van der Waals surface area contributed by atoms with E-state index < -0.39 is 0 Å². The number of carbonyl (C=O) groups is 2. The molecule has 0 fully saturated rings. The molecule has 0 spiro atoms. The first kappa shape index (κ1) is 22.3. The van der Waals surface area contributed by atoms with E-state index >= 15 is 0 Å². The van der Waals surface area contributed by atoms with Crippen molar-refractivity contribution in [1.29, 1.82) is 0 Å². The maximum Gasteiger partial charge on any atom is 0.140 e. The van der Waals surface area contributed by atoms with Gasteiger partial charge >= 0.3 is 0 Å². The Labute approximate surface area is 122 Å². The smallest absolute Gasteiger partial charge is 0.140 e. The molecular weight excluding hydrogens is 299 g/mol. The first-order chi connectivity index (χ1) is 7.58. The minimum absolute atomic E-state index is 0. The number of carbonyl (C=O) groups excluding carboxylic acids is 2. The zero-order valence-corrected chi connectivity index (χ0v) is 12.8. The average molecular weight is 321 g/mol. The maximum absolute atomic E-state index is 10.9. The van der Waals surface area contributed by atoms with E-state index in [0.717, 1.165) is 25.6 Å². The molecule has 17 heavy (non-hydrogen) atoms. The van der Waals surface area contributed by atoms with Crippen LogP contribution in [0.15, 0.2) is 0 Å². The Balaban J connectivity index is -0.000000280. The van der Waals surface area contributed by atoms with Crippen molar-refractivity contribution in [3.05, 3.63) is 0 Å². The van der Waals surface area contributed by atoms with Gasteiger partial charge in [0.15, 0.2) is 0 Å². The van der Waals surface area contributed by atoms with Crippen LogP contribution in [0.4, 0.5) is 0 Å². The van der Waals surface area contributed by atoms with Crippen LogP contribution in [0, 0.1) is 0 Å². The van der Waals surface area contributed by atoms with Crippen molar-refractivity contribution in [2.24, 2.45) is 0 Å². The second kappa shape index (κ2) is 18.5. The van der Waals surface area contributed by atoms with Crippen molar-refractivity contribution in [1.82, 2.24) is 0 Å². The average Bonchev–Trinajstić information content (AvgIpc) is 2.19. The molecule has 6 heteroatoms. The quantitative estimate of drug-likeness (QED) is 0.389. The molecule has 0 unspecified atom stereocenters. The Morgan fingerprint density at radius 2 is 1.76 bits per heavy atom. The molecule has 0 aliphatic heterocycles. The summed E-state index contributed by atoms with van der Waals surface area (Å²) in [6, 6.07) is 0. The van der Waals surface area contributed by atoms with Gasteiger partial charge in [-0.3, -0.25) is 9.59 Å². The SMILES string of the molecule is CCCCCC(=O)CC(C)=O.[B][B][B]CC.[Rh]. The fourth-order valence-corrected chi connectivity index (χ4v) is 1.07. The van der Waals surface area contributed by atoms with Gasteiger partial charge in [0.1, 0.15) is 11.6 Å². The predicted octanol–water partition coefficient (Wildman–Crippen LogP) is 1.94. The molecule has 0 atom stereocenters. The van der Waals surface area contributed by atoms with Gasteiger partial charge in [-0.15, -0.1) is 0 Å². The number of rotatable bonds is 8. The van der Waals surface area contributed by atoms with Crippen molar-refractivity contribution in [3.63, 3.8) is 0 Å². The molecule has 0 saturated heterocycles. The van der Waals surface area contributed by atoms with Crippen molar-refractivity contribution >= 4 is 33.5 Å². The van der Waals surface area contributed by atoms with Gasteiger partial charge in [0.25, 0.3) is 0 Å². The summed E-state index contributed by atoms with van der Waals surface area (Å²) < 4.78 is 0. The Morgan fingerprint density at radius 1 is 1.18 bits per heavy atom. The van der Waals surface area contributed by atoms with Crippen LogP contribution in [0.3, 0.4) is 0 Å². The summed E-state index contributed by atoms with van der Waals surface area (Å²) in [5.41, 5.74) is 0. The van der Waals surface area contributed by atoms with Crippen LogP contribution in [-0.4, -0.2) is 33.5 Å². The summed E-state index contributed by atoms with van der Waals surface area (Å²) in [6.45, 7) is 5.59. The zero-order chi connectivity index (χ0) is 12.8. The molecule has 0 rings (SSSR count). The monoisotopic (exact) mass is 321 g/mol. The van der Waals surface area contributed by atoms with Gasteiger partial charge < -0.3 is 0 Å². The third kappa shape index (κ3) is 26.0. The molecule has 0 aliphatic rings. The zero-order valence-electron chi connectivity index (χ0n) is 11.1. The molecule has 0 aromatic heterocycles. The molecule has 0 amide bonds. The fourth-order valence-electron chi connectivity index (χ4n) is 1.07. The van der Waals surface area contributed by atoms with Crippen LogP contribution in [0.2, 0.25) is 6.32 Å². The molecule has 5 radical (unpaired) electrons. The topological polar surface area (TPSA) is 34.1 Å². The van der Waals surface area contributed by atoms with Crippen molar-refractivity contribution in [2.75, 3.05) is 0 Å². The molecule has 0 aromatic rings. The summed E-state index contributed by atoms with van der Waals surface area (Å²) in [5.74, 6) is 0.0671. The molecule has 2 nitrogen and oxygen atoms in total. The van der Waals surface area contributed by atoms with Crippen molar-refractivity contribution in [3.8, 4) is 0 Å². The molecule has 95 valence electrons.